The van der Waals surface area contributed by atoms with Gasteiger partial charge in [0, 0.05) is 22.7 Å². The lowest BCUT2D eigenvalue weighted by Crippen LogP contribution is -2.04. The molecule has 0 amide bonds. The van der Waals surface area contributed by atoms with E-state index in [1.807, 2.05) is 24.4 Å². The lowest BCUT2D eigenvalue weighted by molar-refractivity contribution is 0.0613. The van der Waals surface area contributed by atoms with Crippen LogP contribution in [0.1, 0.15) is 36.3 Å². The van der Waals surface area contributed by atoms with Crippen LogP contribution in [0.3, 0.4) is 0 Å². The molecule has 5 heteroatoms. The smallest absolute Gasteiger partial charge is 0.122 e. The molecule has 3 rings (SSSR count). The molecule has 0 fully saturated rings. The zero-order valence-electron chi connectivity index (χ0n) is 11.1. The van der Waals surface area contributed by atoms with Crippen molar-refractivity contribution >= 4 is 23.6 Å². The van der Waals surface area contributed by atoms with Gasteiger partial charge >= 0.3 is 0 Å². The number of rotatable bonds is 3. The van der Waals surface area contributed by atoms with Crippen molar-refractivity contribution in [2.75, 3.05) is 6.61 Å². The van der Waals surface area contributed by atoms with Gasteiger partial charge in [-0.3, -0.25) is 0 Å². The minimum Gasteiger partial charge on any atom is -0.372 e. The van der Waals surface area contributed by atoms with Crippen LogP contribution in [-0.4, -0.2) is 11.6 Å². The average molecular weight is 302 g/mol. The third-order valence-electron chi connectivity index (χ3n) is 3.58. The maximum absolute atomic E-state index is 9.44. The summed E-state index contributed by atoms with van der Waals surface area (Å²) < 4.78 is 6.29. The topological polar surface area (TPSA) is 48.8 Å². The predicted octanol–water partition coefficient (Wildman–Crippen LogP) is 4.37. The molecule has 1 unspecified atom stereocenters. The molecule has 3 nitrogen and oxygen atoms in total. The Kier molecular flexibility index (Phi) is 3.70. The lowest BCUT2D eigenvalue weighted by Gasteiger charge is -2.14. The third kappa shape index (κ3) is 2.10. The molecule has 0 aromatic carbocycles. The maximum Gasteiger partial charge on any atom is 0.122 e. The highest BCUT2D eigenvalue weighted by Crippen LogP contribution is 2.41. The summed E-state index contributed by atoms with van der Waals surface area (Å²) in [5.41, 5.74) is 3.83. The summed E-state index contributed by atoms with van der Waals surface area (Å²) in [7, 11) is 0. The summed E-state index contributed by atoms with van der Waals surface area (Å²) >= 11 is 7.00. The first-order chi connectivity index (χ1) is 9.76. The van der Waals surface area contributed by atoms with Crippen LogP contribution < -0.4 is 0 Å². The number of nitrogens with one attached hydrogen (secondary N) is 1. The number of H-pyrrole nitrogens is 1. The molecule has 1 atom stereocenters. The van der Waals surface area contributed by atoms with Gasteiger partial charge in [-0.05, 0) is 36.8 Å². The van der Waals surface area contributed by atoms with Crippen LogP contribution in [-0.2, 0) is 11.2 Å². The molecule has 0 saturated carbocycles. The van der Waals surface area contributed by atoms with Gasteiger partial charge in [0.25, 0.3) is 0 Å². The van der Waals surface area contributed by atoms with Crippen molar-refractivity contribution in [3.05, 3.63) is 39.0 Å². The number of thiophene rings is 1. The number of fused-ring (bicyclic) bond motifs is 1. The standard InChI is InChI=1S/C15H14N2OS2/c1-2-18-11-6-5-9-13(12-4-3-7-20-12)10(8-16)15(19)17-14(9)11/h3-4,7,11H,2,5-6H2,1H3,(H,17,19). The second kappa shape index (κ2) is 5.49. The second-order valence-corrected chi connectivity index (χ2v) is 6.02. The highest BCUT2D eigenvalue weighted by molar-refractivity contribution is 7.71. The highest BCUT2D eigenvalue weighted by atomic mass is 32.1. The van der Waals surface area contributed by atoms with E-state index in [-0.39, 0.29) is 6.10 Å². The van der Waals surface area contributed by atoms with E-state index >= 15 is 0 Å². The quantitative estimate of drug-likeness (QED) is 0.857. The van der Waals surface area contributed by atoms with Gasteiger partial charge in [-0.15, -0.1) is 11.3 Å². The molecule has 2 heterocycles. The van der Waals surface area contributed by atoms with Crippen molar-refractivity contribution < 1.29 is 4.74 Å². The molecule has 1 aliphatic carbocycles. The SMILES string of the molecule is CCOC1CCc2c1[nH]c(=S)c(C#N)c2-c1cccs1. The number of nitrogens with zero attached hydrogens (tertiary/aromatic N) is 1. The Balaban J connectivity index is 2.26. The van der Waals surface area contributed by atoms with Crippen molar-refractivity contribution in [3.8, 4) is 16.5 Å². The Morgan fingerprint density at radius 2 is 2.45 bits per heavy atom. The van der Waals surface area contributed by atoms with Crippen molar-refractivity contribution in [1.82, 2.24) is 4.98 Å². The molecule has 0 radical (unpaired) electrons. The molecular formula is C15H14N2OS2. The van der Waals surface area contributed by atoms with Crippen LogP contribution in [0.2, 0.25) is 0 Å². The summed E-state index contributed by atoms with van der Waals surface area (Å²) in [4.78, 5) is 4.32. The number of nitriles is 1. The van der Waals surface area contributed by atoms with Crippen LogP contribution in [0, 0.1) is 16.0 Å². The number of pyridine rings is 1. The van der Waals surface area contributed by atoms with Gasteiger partial charge in [0.1, 0.15) is 10.7 Å². The third-order valence-corrected chi connectivity index (χ3v) is 4.77. The normalized spacial score (nSPS) is 16.9. The van der Waals surface area contributed by atoms with Crippen LogP contribution in [0.15, 0.2) is 17.5 Å². The van der Waals surface area contributed by atoms with Gasteiger partial charge in [0.15, 0.2) is 0 Å². The first kappa shape index (κ1) is 13.5. The zero-order chi connectivity index (χ0) is 14.1. The van der Waals surface area contributed by atoms with Crippen LogP contribution in [0.4, 0.5) is 0 Å². The van der Waals surface area contributed by atoms with Crippen LogP contribution >= 0.6 is 23.6 Å². The van der Waals surface area contributed by atoms with E-state index in [1.165, 1.54) is 5.56 Å². The predicted molar refractivity (Wildman–Crippen MR) is 82.3 cm³/mol. The van der Waals surface area contributed by atoms with Gasteiger partial charge in [0.2, 0.25) is 0 Å². The fourth-order valence-electron chi connectivity index (χ4n) is 2.78. The largest absolute Gasteiger partial charge is 0.372 e. The summed E-state index contributed by atoms with van der Waals surface area (Å²) in [5.74, 6) is 0. The minimum atomic E-state index is 0.0724. The van der Waals surface area contributed by atoms with E-state index in [1.54, 1.807) is 11.3 Å². The second-order valence-electron chi connectivity index (χ2n) is 4.67. The molecule has 102 valence electrons. The van der Waals surface area contributed by atoms with E-state index in [4.69, 9.17) is 17.0 Å². The van der Waals surface area contributed by atoms with Crippen LogP contribution in [0.5, 0.6) is 0 Å². The van der Waals surface area contributed by atoms with Crippen molar-refractivity contribution in [3.63, 3.8) is 0 Å². The van der Waals surface area contributed by atoms with E-state index in [2.05, 4.69) is 11.1 Å². The van der Waals surface area contributed by atoms with Gasteiger partial charge in [-0.25, -0.2) is 0 Å². The van der Waals surface area contributed by atoms with Gasteiger partial charge in [-0.2, -0.15) is 5.26 Å². The number of hydrogen-bond acceptors (Lipinski definition) is 4. The van der Waals surface area contributed by atoms with E-state index in [0.29, 0.717) is 16.8 Å². The Morgan fingerprint density at radius 1 is 1.60 bits per heavy atom. The lowest BCUT2D eigenvalue weighted by atomic mass is 10.0. The molecule has 1 N–H and O–H groups in total. The van der Waals surface area contributed by atoms with Gasteiger partial charge in [-0.1, -0.05) is 18.3 Å². The summed E-state index contributed by atoms with van der Waals surface area (Å²) in [6, 6.07) is 6.31. The Labute approximate surface area is 126 Å². The molecule has 20 heavy (non-hydrogen) atoms. The fraction of sp³-hybridized carbons (Fsp3) is 0.333. The summed E-state index contributed by atoms with van der Waals surface area (Å²) in [6.45, 7) is 2.68. The zero-order valence-corrected chi connectivity index (χ0v) is 12.7. The first-order valence-corrected chi connectivity index (χ1v) is 7.89. The van der Waals surface area contributed by atoms with Crippen molar-refractivity contribution in [2.45, 2.75) is 25.9 Å². The number of ether oxygens (including phenoxy) is 1. The molecule has 0 spiro atoms. The van der Waals surface area contributed by atoms with Gasteiger partial charge in [0.05, 0.1) is 11.7 Å². The average Bonchev–Trinajstić information content (AvgIpc) is 3.08. The number of aromatic amines is 1. The first-order valence-electron chi connectivity index (χ1n) is 6.60. The fourth-order valence-corrected chi connectivity index (χ4v) is 3.84. The molecule has 0 aliphatic heterocycles. The Hall–Kier alpha value is -1.48. The molecule has 2 aromatic rings. The highest BCUT2D eigenvalue weighted by Gasteiger charge is 2.29. The van der Waals surface area contributed by atoms with Crippen molar-refractivity contribution in [1.29, 1.82) is 5.26 Å². The molecule has 0 saturated heterocycles. The molecule has 2 aromatic heterocycles. The van der Waals surface area contributed by atoms with Gasteiger partial charge < -0.3 is 9.72 Å². The summed E-state index contributed by atoms with van der Waals surface area (Å²) in [5, 5.41) is 11.5. The molecular weight excluding hydrogens is 288 g/mol. The summed E-state index contributed by atoms with van der Waals surface area (Å²) in [6.07, 6.45) is 1.94. The number of hydrogen-bond donors (Lipinski definition) is 1. The Morgan fingerprint density at radius 3 is 3.10 bits per heavy atom. The van der Waals surface area contributed by atoms with Crippen LogP contribution in [0.25, 0.3) is 10.4 Å². The monoisotopic (exact) mass is 302 g/mol. The minimum absolute atomic E-state index is 0.0724. The van der Waals surface area contributed by atoms with Crippen molar-refractivity contribution in [2.24, 2.45) is 0 Å². The van der Waals surface area contributed by atoms with E-state index in [9.17, 15) is 5.26 Å². The molecule has 1 aliphatic rings. The number of aromatic nitrogens is 1. The Bertz CT molecular complexity index is 726. The maximum atomic E-state index is 9.44. The van der Waals surface area contributed by atoms with E-state index < -0.39 is 0 Å². The van der Waals surface area contributed by atoms with E-state index in [0.717, 1.165) is 29.0 Å². The molecule has 0 bridgehead atoms.